The maximum Gasteiger partial charge on any atom is 0.0587 e. The zero-order valence-electron chi connectivity index (χ0n) is 8.22. The van der Waals surface area contributed by atoms with Gasteiger partial charge in [0.05, 0.1) is 4.05 Å². The molecule has 1 saturated carbocycles. The standard InChI is InChI=1S/C10H20IN/c1-9(11)12(2)8-10-6-4-3-5-7-10/h9-10H,3-8H2,1-2H3. The summed E-state index contributed by atoms with van der Waals surface area (Å²) in [6.07, 6.45) is 7.34. The lowest BCUT2D eigenvalue weighted by Crippen LogP contribution is -2.30. The van der Waals surface area contributed by atoms with Gasteiger partial charge in [-0.3, -0.25) is 4.90 Å². The number of halogens is 1. The molecule has 0 amide bonds. The molecule has 0 heterocycles. The van der Waals surface area contributed by atoms with Crippen LogP contribution in [0, 0.1) is 5.92 Å². The van der Waals surface area contributed by atoms with Crippen molar-refractivity contribution in [3.8, 4) is 0 Å². The number of rotatable bonds is 3. The van der Waals surface area contributed by atoms with E-state index in [0.717, 1.165) is 5.92 Å². The van der Waals surface area contributed by atoms with Crippen LogP contribution in [0.4, 0.5) is 0 Å². The van der Waals surface area contributed by atoms with Crippen molar-refractivity contribution in [2.75, 3.05) is 13.6 Å². The van der Waals surface area contributed by atoms with Crippen molar-refractivity contribution in [3.05, 3.63) is 0 Å². The Morgan fingerprint density at radius 2 is 1.92 bits per heavy atom. The van der Waals surface area contributed by atoms with Crippen molar-refractivity contribution in [2.45, 2.75) is 43.1 Å². The summed E-state index contributed by atoms with van der Waals surface area (Å²) >= 11 is 2.49. The summed E-state index contributed by atoms with van der Waals surface area (Å²) in [6.45, 7) is 3.58. The fourth-order valence-corrected chi connectivity index (χ4v) is 2.15. The third kappa shape index (κ3) is 3.60. The Bertz CT molecular complexity index is 119. The van der Waals surface area contributed by atoms with E-state index in [0.29, 0.717) is 4.05 Å². The predicted molar refractivity (Wildman–Crippen MR) is 62.7 cm³/mol. The summed E-state index contributed by atoms with van der Waals surface area (Å²) in [6, 6.07) is 0. The summed E-state index contributed by atoms with van der Waals surface area (Å²) in [5.41, 5.74) is 0. The molecular weight excluding hydrogens is 261 g/mol. The van der Waals surface area contributed by atoms with Gasteiger partial charge in [0.1, 0.15) is 0 Å². The van der Waals surface area contributed by atoms with Gasteiger partial charge in [0.15, 0.2) is 0 Å². The Hall–Kier alpha value is 0.690. The van der Waals surface area contributed by atoms with Gasteiger partial charge in [-0.25, -0.2) is 0 Å². The molecule has 1 rings (SSSR count). The van der Waals surface area contributed by atoms with Gasteiger partial charge in [0.25, 0.3) is 0 Å². The van der Waals surface area contributed by atoms with Crippen molar-refractivity contribution < 1.29 is 0 Å². The van der Waals surface area contributed by atoms with Crippen LogP contribution in [0.3, 0.4) is 0 Å². The first-order valence-electron chi connectivity index (χ1n) is 5.04. The fourth-order valence-electron chi connectivity index (χ4n) is 1.92. The average Bonchev–Trinajstić information content (AvgIpc) is 2.06. The minimum Gasteiger partial charge on any atom is -0.295 e. The first kappa shape index (κ1) is 10.8. The Morgan fingerprint density at radius 3 is 2.42 bits per heavy atom. The third-order valence-corrected chi connectivity index (χ3v) is 3.83. The monoisotopic (exact) mass is 281 g/mol. The number of alkyl halides is 1. The maximum atomic E-state index is 2.49. The quantitative estimate of drug-likeness (QED) is 0.436. The second kappa shape index (κ2) is 5.43. The molecule has 12 heavy (non-hydrogen) atoms. The molecule has 0 bridgehead atoms. The van der Waals surface area contributed by atoms with Gasteiger partial charge in [-0.1, -0.05) is 41.9 Å². The van der Waals surface area contributed by atoms with Crippen LogP contribution in [0.25, 0.3) is 0 Å². The first-order chi connectivity index (χ1) is 5.70. The van der Waals surface area contributed by atoms with E-state index in [2.05, 4.69) is 41.5 Å². The molecule has 0 spiro atoms. The molecule has 0 aromatic heterocycles. The molecule has 1 unspecified atom stereocenters. The van der Waals surface area contributed by atoms with E-state index in [-0.39, 0.29) is 0 Å². The van der Waals surface area contributed by atoms with Gasteiger partial charge in [0.2, 0.25) is 0 Å². The Kier molecular flexibility index (Phi) is 4.87. The number of hydrogen-bond donors (Lipinski definition) is 0. The van der Waals surface area contributed by atoms with Crippen LogP contribution >= 0.6 is 22.6 Å². The topological polar surface area (TPSA) is 3.24 Å². The van der Waals surface area contributed by atoms with Gasteiger partial charge >= 0.3 is 0 Å². The molecular formula is C10H20IN. The van der Waals surface area contributed by atoms with Gasteiger partial charge in [-0.05, 0) is 32.7 Å². The lowest BCUT2D eigenvalue weighted by molar-refractivity contribution is 0.235. The van der Waals surface area contributed by atoms with Crippen LogP contribution in [-0.4, -0.2) is 22.5 Å². The molecule has 0 aromatic carbocycles. The summed E-state index contributed by atoms with van der Waals surface area (Å²) in [4.78, 5) is 2.47. The van der Waals surface area contributed by atoms with Crippen LogP contribution < -0.4 is 0 Å². The second-order valence-corrected chi connectivity index (χ2v) is 5.82. The lowest BCUT2D eigenvalue weighted by atomic mass is 9.89. The van der Waals surface area contributed by atoms with Gasteiger partial charge in [0, 0.05) is 6.54 Å². The molecule has 0 radical (unpaired) electrons. The molecule has 1 atom stereocenters. The fraction of sp³-hybridized carbons (Fsp3) is 1.00. The van der Waals surface area contributed by atoms with E-state index >= 15 is 0 Å². The Balaban J connectivity index is 2.20. The predicted octanol–water partition coefficient (Wildman–Crippen LogP) is 3.28. The highest BCUT2D eigenvalue weighted by molar-refractivity contribution is 14.1. The first-order valence-corrected chi connectivity index (χ1v) is 6.29. The Labute approximate surface area is 90.0 Å². The molecule has 72 valence electrons. The van der Waals surface area contributed by atoms with Crippen molar-refractivity contribution in [3.63, 3.8) is 0 Å². The van der Waals surface area contributed by atoms with E-state index < -0.39 is 0 Å². The molecule has 1 aliphatic rings. The van der Waals surface area contributed by atoms with Gasteiger partial charge in [-0.15, -0.1) is 0 Å². The van der Waals surface area contributed by atoms with E-state index in [1.165, 1.54) is 38.6 Å². The van der Waals surface area contributed by atoms with Crippen LogP contribution in [-0.2, 0) is 0 Å². The zero-order chi connectivity index (χ0) is 8.97. The van der Waals surface area contributed by atoms with E-state index in [4.69, 9.17) is 0 Å². The molecule has 2 heteroatoms. The zero-order valence-corrected chi connectivity index (χ0v) is 10.4. The van der Waals surface area contributed by atoms with Gasteiger partial charge < -0.3 is 0 Å². The van der Waals surface area contributed by atoms with Crippen LogP contribution in [0.1, 0.15) is 39.0 Å². The Morgan fingerprint density at radius 1 is 1.33 bits per heavy atom. The molecule has 1 fully saturated rings. The normalized spacial score (nSPS) is 23.0. The summed E-state index contributed by atoms with van der Waals surface area (Å²) < 4.78 is 0.685. The number of hydrogen-bond acceptors (Lipinski definition) is 1. The van der Waals surface area contributed by atoms with Crippen LogP contribution in [0.15, 0.2) is 0 Å². The van der Waals surface area contributed by atoms with E-state index in [1.807, 2.05) is 0 Å². The molecule has 1 aliphatic carbocycles. The smallest absolute Gasteiger partial charge is 0.0587 e. The maximum absolute atomic E-state index is 2.49. The summed E-state index contributed by atoms with van der Waals surface area (Å²) in [7, 11) is 2.24. The number of nitrogens with zero attached hydrogens (tertiary/aromatic N) is 1. The molecule has 0 aromatic rings. The van der Waals surface area contributed by atoms with Crippen molar-refractivity contribution >= 4 is 22.6 Å². The molecule has 1 nitrogen and oxygen atoms in total. The largest absolute Gasteiger partial charge is 0.295 e. The highest BCUT2D eigenvalue weighted by Gasteiger charge is 2.16. The second-order valence-electron chi connectivity index (χ2n) is 4.02. The lowest BCUT2D eigenvalue weighted by Gasteiger charge is -2.28. The van der Waals surface area contributed by atoms with Crippen molar-refractivity contribution in [1.82, 2.24) is 4.90 Å². The molecule has 0 aliphatic heterocycles. The molecule has 0 N–H and O–H groups in total. The molecule has 0 saturated heterocycles. The third-order valence-electron chi connectivity index (χ3n) is 2.88. The highest BCUT2D eigenvalue weighted by atomic mass is 127. The highest BCUT2D eigenvalue weighted by Crippen LogP contribution is 2.24. The minimum absolute atomic E-state index is 0.685. The minimum atomic E-state index is 0.685. The van der Waals surface area contributed by atoms with E-state index in [9.17, 15) is 0 Å². The SMILES string of the molecule is CC(I)N(C)CC1CCCCC1. The average molecular weight is 281 g/mol. The van der Waals surface area contributed by atoms with Crippen LogP contribution in [0.5, 0.6) is 0 Å². The van der Waals surface area contributed by atoms with E-state index in [1.54, 1.807) is 0 Å². The summed E-state index contributed by atoms with van der Waals surface area (Å²) in [5, 5.41) is 0. The van der Waals surface area contributed by atoms with Crippen molar-refractivity contribution in [2.24, 2.45) is 5.92 Å². The summed E-state index contributed by atoms with van der Waals surface area (Å²) in [5.74, 6) is 0.987. The van der Waals surface area contributed by atoms with Crippen molar-refractivity contribution in [1.29, 1.82) is 0 Å². The van der Waals surface area contributed by atoms with Gasteiger partial charge in [-0.2, -0.15) is 0 Å². The van der Waals surface area contributed by atoms with Crippen LogP contribution in [0.2, 0.25) is 0 Å².